The maximum atomic E-state index is 13.7. The summed E-state index contributed by atoms with van der Waals surface area (Å²) in [6.07, 6.45) is 0. The molecule has 0 saturated carbocycles. The Morgan fingerprint density at radius 3 is 2.62 bits per heavy atom. The monoisotopic (exact) mass is 347 g/mol. The van der Waals surface area contributed by atoms with Gasteiger partial charge in [-0.05, 0) is 50.2 Å². The Morgan fingerprint density at radius 2 is 1.95 bits per heavy atom. The number of anilines is 1. The van der Waals surface area contributed by atoms with Crippen LogP contribution in [0.15, 0.2) is 40.9 Å². The summed E-state index contributed by atoms with van der Waals surface area (Å²) in [6.45, 7) is 4.17. The fraction of sp³-hybridized carbons (Fsp3) is 0.188. The number of imidazole rings is 1. The predicted molar refractivity (Wildman–Crippen MR) is 87.6 cm³/mol. The summed E-state index contributed by atoms with van der Waals surface area (Å²) in [6, 6.07) is 11.0. The van der Waals surface area contributed by atoms with E-state index >= 15 is 0 Å². The lowest BCUT2D eigenvalue weighted by Gasteiger charge is -2.13. The van der Waals surface area contributed by atoms with Gasteiger partial charge in [-0.25, -0.2) is 9.37 Å². The zero-order valence-electron chi connectivity index (χ0n) is 11.8. The number of nitrogen functional groups attached to an aromatic ring is 1. The summed E-state index contributed by atoms with van der Waals surface area (Å²) in [7, 11) is 0. The molecule has 3 nitrogen and oxygen atoms in total. The molecule has 1 aromatic heterocycles. The number of halogens is 2. The lowest BCUT2D eigenvalue weighted by molar-refractivity contribution is 0.620. The van der Waals surface area contributed by atoms with E-state index in [1.165, 1.54) is 6.07 Å². The molecule has 0 unspecified atom stereocenters. The maximum absolute atomic E-state index is 13.7. The van der Waals surface area contributed by atoms with Crippen molar-refractivity contribution in [3.63, 3.8) is 0 Å². The molecule has 0 bridgehead atoms. The van der Waals surface area contributed by atoms with Crippen molar-refractivity contribution in [2.75, 3.05) is 5.73 Å². The second kappa shape index (κ2) is 5.15. The van der Waals surface area contributed by atoms with Crippen LogP contribution in [-0.2, 0) is 0 Å². The number of aromatic nitrogens is 2. The largest absolute Gasteiger partial charge is 0.396 e. The van der Waals surface area contributed by atoms with E-state index in [9.17, 15) is 4.39 Å². The first-order valence-electron chi connectivity index (χ1n) is 6.70. The molecule has 2 N–H and O–H groups in total. The molecule has 0 aliphatic carbocycles. The molecule has 108 valence electrons. The molecule has 0 spiro atoms. The van der Waals surface area contributed by atoms with Crippen LogP contribution in [0.4, 0.5) is 10.1 Å². The van der Waals surface area contributed by atoms with Crippen LogP contribution in [0.2, 0.25) is 0 Å². The third-order valence-corrected chi connectivity index (χ3v) is 3.92. The summed E-state index contributed by atoms with van der Waals surface area (Å²) < 4.78 is 16.8. The van der Waals surface area contributed by atoms with Crippen molar-refractivity contribution in [2.45, 2.75) is 19.9 Å². The van der Waals surface area contributed by atoms with Crippen molar-refractivity contribution in [1.29, 1.82) is 0 Å². The van der Waals surface area contributed by atoms with Crippen molar-refractivity contribution >= 4 is 32.7 Å². The molecule has 0 aliphatic heterocycles. The SMILES string of the molecule is CC(C)n1c(-c2ccc(N)c(F)c2)nc2cc(Br)ccc21. The van der Waals surface area contributed by atoms with Crippen LogP contribution in [-0.4, -0.2) is 9.55 Å². The molecule has 21 heavy (non-hydrogen) atoms. The second-order valence-corrected chi connectivity index (χ2v) is 6.18. The Bertz CT molecular complexity index is 824. The van der Waals surface area contributed by atoms with Gasteiger partial charge < -0.3 is 10.3 Å². The van der Waals surface area contributed by atoms with Gasteiger partial charge >= 0.3 is 0 Å². The second-order valence-electron chi connectivity index (χ2n) is 5.27. The predicted octanol–water partition coefficient (Wildman–Crippen LogP) is 4.77. The first-order valence-corrected chi connectivity index (χ1v) is 7.49. The van der Waals surface area contributed by atoms with Crippen LogP contribution < -0.4 is 5.73 Å². The van der Waals surface area contributed by atoms with Gasteiger partial charge in [0.05, 0.1) is 16.7 Å². The van der Waals surface area contributed by atoms with Gasteiger partial charge in [0.15, 0.2) is 0 Å². The molecule has 5 heteroatoms. The van der Waals surface area contributed by atoms with Gasteiger partial charge in [0.25, 0.3) is 0 Å². The molecule has 0 radical (unpaired) electrons. The van der Waals surface area contributed by atoms with Crippen LogP contribution in [0.5, 0.6) is 0 Å². The molecular weight excluding hydrogens is 333 g/mol. The molecule has 2 aromatic carbocycles. The maximum Gasteiger partial charge on any atom is 0.146 e. The zero-order chi connectivity index (χ0) is 15.1. The average Bonchev–Trinajstić information content (AvgIpc) is 2.80. The van der Waals surface area contributed by atoms with E-state index in [0.717, 1.165) is 26.9 Å². The molecule has 3 aromatic rings. The van der Waals surface area contributed by atoms with Crippen LogP contribution in [0.3, 0.4) is 0 Å². The summed E-state index contributed by atoms with van der Waals surface area (Å²) >= 11 is 3.45. The van der Waals surface area contributed by atoms with Crippen molar-refractivity contribution in [3.8, 4) is 11.4 Å². The fourth-order valence-electron chi connectivity index (χ4n) is 2.46. The Morgan fingerprint density at radius 1 is 1.19 bits per heavy atom. The van der Waals surface area contributed by atoms with Gasteiger partial charge in [0.2, 0.25) is 0 Å². The normalized spacial score (nSPS) is 11.5. The number of fused-ring (bicyclic) bond motifs is 1. The van der Waals surface area contributed by atoms with E-state index in [0.29, 0.717) is 0 Å². The minimum absolute atomic E-state index is 0.147. The van der Waals surface area contributed by atoms with Crippen molar-refractivity contribution < 1.29 is 4.39 Å². The average molecular weight is 348 g/mol. The number of nitrogens with two attached hydrogens (primary N) is 1. The molecule has 0 saturated heterocycles. The van der Waals surface area contributed by atoms with E-state index in [4.69, 9.17) is 5.73 Å². The lowest BCUT2D eigenvalue weighted by Crippen LogP contribution is -2.03. The summed E-state index contributed by atoms with van der Waals surface area (Å²) in [5.74, 6) is 0.327. The zero-order valence-corrected chi connectivity index (χ0v) is 13.4. The minimum atomic E-state index is -0.420. The third kappa shape index (κ3) is 2.42. The number of hydrogen-bond acceptors (Lipinski definition) is 2. The van der Waals surface area contributed by atoms with Crippen LogP contribution >= 0.6 is 15.9 Å². The Hall–Kier alpha value is -1.88. The molecule has 0 atom stereocenters. The van der Waals surface area contributed by atoms with Crippen LogP contribution in [0.25, 0.3) is 22.4 Å². The highest BCUT2D eigenvalue weighted by Crippen LogP contribution is 2.30. The minimum Gasteiger partial charge on any atom is -0.396 e. The molecular formula is C16H15BrFN3. The first-order chi connectivity index (χ1) is 9.97. The van der Waals surface area contributed by atoms with Gasteiger partial charge in [-0.3, -0.25) is 0 Å². The Kier molecular flexibility index (Phi) is 3.45. The number of benzene rings is 2. The van der Waals surface area contributed by atoms with Gasteiger partial charge in [0.1, 0.15) is 11.6 Å². The lowest BCUT2D eigenvalue weighted by atomic mass is 10.1. The van der Waals surface area contributed by atoms with Crippen molar-refractivity contribution in [2.24, 2.45) is 0 Å². The highest BCUT2D eigenvalue weighted by molar-refractivity contribution is 9.10. The first kappa shape index (κ1) is 14.1. The Balaban J connectivity index is 2.30. The van der Waals surface area contributed by atoms with Gasteiger partial charge in [-0.1, -0.05) is 15.9 Å². The summed E-state index contributed by atoms with van der Waals surface area (Å²) in [5.41, 5.74) is 8.33. The van der Waals surface area contributed by atoms with Crippen LogP contribution in [0.1, 0.15) is 19.9 Å². The highest BCUT2D eigenvalue weighted by atomic mass is 79.9. The van der Waals surface area contributed by atoms with E-state index in [1.54, 1.807) is 12.1 Å². The molecule has 1 heterocycles. The smallest absolute Gasteiger partial charge is 0.146 e. The van der Waals surface area contributed by atoms with Gasteiger partial charge in [-0.2, -0.15) is 0 Å². The Labute approximate surface area is 130 Å². The fourth-order valence-corrected chi connectivity index (χ4v) is 2.81. The van der Waals surface area contributed by atoms with E-state index in [2.05, 4.69) is 39.3 Å². The van der Waals surface area contributed by atoms with Crippen molar-refractivity contribution in [3.05, 3.63) is 46.7 Å². The van der Waals surface area contributed by atoms with Gasteiger partial charge in [0, 0.05) is 16.1 Å². The number of hydrogen-bond donors (Lipinski definition) is 1. The van der Waals surface area contributed by atoms with Crippen molar-refractivity contribution in [1.82, 2.24) is 9.55 Å². The molecule has 0 fully saturated rings. The number of nitrogens with zero attached hydrogens (tertiary/aromatic N) is 2. The molecule has 0 aliphatic rings. The summed E-state index contributed by atoms with van der Waals surface area (Å²) in [5, 5.41) is 0. The highest BCUT2D eigenvalue weighted by Gasteiger charge is 2.16. The molecule has 0 amide bonds. The quantitative estimate of drug-likeness (QED) is 0.678. The summed E-state index contributed by atoms with van der Waals surface area (Å²) in [4.78, 5) is 4.66. The number of rotatable bonds is 2. The van der Waals surface area contributed by atoms with E-state index < -0.39 is 5.82 Å². The van der Waals surface area contributed by atoms with Crippen LogP contribution in [0, 0.1) is 5.82 Å². The standard InChI is InChI=1S/C16H15BrFN3/c1-9(2)21-15-6-4-11(17)8-14(15)20-16(21)10-3-5-13(19)12(18)7-10/h3-9H,19H2,1-2H3. The van der Waals surface area contributed by atoms with Gasteiger partial charge in [-0.15, -0.1) is 0 Å². The van der Waals surface area contributed by atoms with E-state index in [1.807, 2.05) is 18.2 Å². The topological polar surface area (TPSA) is 43.8 Å². The van der Waals surface area contributed by atoms with E-state index in [-0.39, 0.29) is 11.7 Å². The third-order valence-electron chi connectivity index (χ3n) is 3.43. The molecule has 3 rings (SSSR count).